The van der Waals surface area contributed by atoms with E-state index in [0.29, 0.717) is 32.9 Å². The Bertz CT molecular complexity index is 878. The third-order valence-corrected chi connectivity index (χ3v) is 5.37. The molecule has 3 rings (SSSR count). The van der Waals surface area contributed by atoms with Crippen molar-refractivity contribution >= 4 is 52.2 Å². The van der Waals surface area contributed by atoms with Crippen LogP contribution in [-0.2, 0) is 11.3 Å². The predicted octanol–water partition coefficient (Wildman–Crippen LogP) is 5.63. The first kappa shape index (κ1) is 18.8. The molecule has 0 radical (unpaired) electrons. The molecule has 2 amide bonds. The lowest BCUT2D eigenvalue weighted by Gasteiger charge is -2.14. The topological polar surface area (TPSA) is 46.6 Å². The second kappa shape index (κ2) is 8.16. The van der Waals surface area contributed by atoms with Crippen molar-refractivity contribution < 1.29 is 14.3 Å². The van der Waals surface area contributed by atoms with Crippen LogP contribution in [0.5, 0.6) is 5.75 Å². The Labute approximate surface area is 165 Å². The lowest BCUT2D eigenvalue weighted by atomic mass is 10.1. The van der Waals surface area contributed by atoms with Crippen LogP contribution in [0, 0.1) is 0 Å². The Morgan fingerprint density at radius 1 is 1.08 bits per heavy atom. The van der Waals surface area contributed by atoms with Crippen LogP contribution in [0.15, 0.2) is 47.4 Å². The van der Waals surface area contributed by atoms with Gasteiger partial charge in [-0.2, -0.15) is 0 Å². The first-order valence-corrected chi connectivity index (χ1v) is 9.48. The smallest absolute Gasteiger partial charge is 0.293 e. The van der Waals surface area contributed by atoms with Crippen molar-refractivity contribution in [2.75, 3.05) is 6.61 Å². The molecule has 0 N–H and O–H groups in total. The predicted molar refractivity (Wildman–Crippen MR) is 106 cm³/mol. The summed E-state index contributed by atoms with van der Waals surface area (Å²) in [4.78, 5) is 26.5. The maximum Gasteiger partial charge on any atom is 0.293 e. The van der Waals surface area contributed by atoms with Crippen molar-refractivity contribution in [2.24, 2.45) is 0 Å². The van der Waals surface area contributed by atoms with Crippen molar-refractivity contribution in [2.45, 2.75) is 13.5 Å². The Kier molecular flexibility index (Phi) is 5.91. The summed E-state index contributed by atoms with van der Waals surface area (Å²) in [5, 5.41) is 0.482. The van der Waals surface area contributed by atoms with Crippen LogP contribution in [0.3, 0.4) is 0 Å². The number of imide groups is 1. The number of thioether (sulfide) groups is 1. The Morgan fingerprint density at radius 2 is 1.77 bits per heavy atom. The molecule has 0 aliphatic carbocycles. The first-order valence-electron chi connectivity index (χ1n) is 7.91. The summed E-state index contributed by atoms with van der Waals surface area (Å²) in [5.74, 6) is 0.290. The number of amides is 2. The van der Waals surface area contributed by atoms with Crippen LogP contribution in [0.4, 0.5) is 4.79 Å². The zero-order valence-corrected chi connectivity index (χ0v) is 16.2. The van der Waals surface area contributed by atoms with Crippen LogP contribution in [-0.4, -0.2) is 22.7 Å². The third kappa shape index (κ3) is 3.90. The minimum atomic E-state index is -0.373. The van der Waals surface area contributed by atoms with E-state index >= 15 is 0 Å². The number of rotatable bonds is 5. The van der Waals surface area contributed by atoms with E-state index in [2.05, 4.69) is 0 Å². The molecule has 1 aliphatic heterocycles. The monoisotopic (exact) mass is 407 g/mol. The molecule has 4 nitrogen and oxygen atoms in total. The Hall–Kier alpha value is -1.95. The molecule has 1 aliphatic rings. The molecular formula is C19H15Cl2NO3S. The van der Waals surface area contributed by atoms with E-state index in [4.69, 9.17) is 27.9 Å². The summed E-state index contributed by atoms with van der Waals surface area (Å²) in [7, 11) is 0. The van der Waals surface area contributed by atoms with Gasteiger partial charge in [-0.25, -0.2) is 0 Å². The maximum absolute atomic E-state index is 12.7. The van der Waals surface area contributed by atoms with Gasteiger partial charge >= 0.3 is 0 Å². The van der Waals surface area contributed by atoms with Gasteiger partial charge in [-0.1, -0.05) is 47.5 Å². The van der Waals surface area contributed by atoms with Crippen molar-refractivity contribution in [3.63, 3.8) is 0 Å². The van der Waals surface area contributed by atoms with Crippen molar-refractivity contribution in [3.8, 4) is 5.75 Å². The van der Waals surface area contributed by atoms with E-state index in [1.54, 1.807) is 24.3 Å². The largest absolute Gasteiger partial charge is 0.493 e. The summed E-state index contributed by atoms with van der Waals surface area (Å²) >= 11 is 13.2. The van der Waals surface area contributed by atoms with Gasteiger partial charge in [0.25, 0.3) is 11.1 Å². The number of ether oxygens (including phenoxy) is 1. The molecule has 0 saturated carbocycles. The fraction of sp³-hybridized carbons (Fsp3) is 0.158. The molecular weight excluding hydrogens is 393 g/mol. The van der Waals surface area contributed by atoms with E-state index in [-0.39, 0.29) is 17.7 Å². The average molecular weight is 408 g/mol. The van der Waals surface area contributed by atoms with Gasteiger partial charge in [-0.3, -0.25) is 14.5 Å². The molecule has 0 unspecified atom stereocenters. The molecule has 1 saturated heterocycles. The fourth-order valence-electron chi connectivity index (χ4n) is 2.51. The van der Waals surface area contributed by atoms with E-state index in [9.17, 15) is 9.59 Å². The minimum Gasteiger partial charge on any atom is -0.493 e. The molecule has 7 heteroatoms. The zero-order valence-electron chi connectivity index (χ0n) is 13.9. The van der Waals surface area contributed by atoms with Gasteiger partial charge < -0.3 is 4.74 Å². The number of carbonyl (C=O) groups excluding carboxylic acids is 2. The quantitative estimate of drug-likeness (QED) is 0.602. The lowest BCUT2D eigenvalue weighted by molar-refractivity contribution is -0.123. The number of hydrogen-bond donors (Lipinski definition) is 0. The first-order chi connectivity index (χ1) is 12.5. The number of halogens is 2. The molecule has 0 atom stereocenters. The molecule has 2 aromatic carbocycles. The number of benzene rings is 2. The van der Waals surface area contributed by atoms with Gasteiger partial charge in [-0.15, -0.1) is 0 Å². The van der Waals surface area contributed by atoms with Crippen molar-refractivity contribution in [3.05, 3.63) is 68.5 Å². The molecule has 134 valence electrons. The average Bonchev–Trinajstić information content (AvgIpc) is 2.87. The minimum absolute atomic E-state index is 0.0353. The van der Waals surface area contributed by atoms with Crippen LogP contribution in [0.1, 0.15) is 18.1 Å². The standard InChI is InChI=1S/C19H15Cl2NO3S/c1-2-25-16-9-4-3-6-12(16)10-17-18(23)22(19(24)26-17)11-13-14(20)7-5-8-15(13)21/h3-10H,2,11H2,1H3/b17-10-. The maximum atomic E-state index is 12.7. The van der Waals surface area contributed by atoms with Gasteiger partial charge in [0.1, 0.15) is 5.75 Å². The van der Waals surface area contributed by atoms with Crippen LogP contribution in [0.2, 0.25) is 10.0 Å². The van der Waals surface area contributed by atoms with Crippen LogP contribution >= 0.6 is 35.0 Å². The van der Waals surface area contributed by atoms with Crippen molar-refractivity contribution in [1.29, 1.82) is 0 Å². The third-order valence-electron chi connectivity index (χ3n) is 3.76. The highest BCUT2D eigenvalue weighted by Gasteiger charge is 2.35. The van der Waals surface area contributed by atoms with Gasteiger partial charge in [0.05, 0.1) is 18.1 Å². The van der Waals surface area contributed by atoms with Crippen molar-refractivity contribution in [1.82, 2.24) is 4.90 Å². The molecule has 0 spiro atoms. The summed E-state index contributed by atoms with van der Waals surface area (Å²) in [6.45, 7) is 2.43. The highest BCUT2D eigenvalue weighted by molar-refractivity contribution is 8.18. The zero-order chi connectivity index (χ0) is 18.7. The second-order valence-corrected chi connectivity index (χ2v) is 7.25. The number of nitrogens with zero attached hydrogens (tertiary/aromatic N) is 1. The van der Waals surface area contributed by atoms with Gasteiger partial charge in [0.15, 0.2) is 0 Å². The van der Waals surface area contributed by atoms with Gasteiger partial charge in [0, 0.05) is 21.2 Å². The summed E-state index contributed by atoms with van der Waals surface area (Å²) in [6.07, 6.45) is 1.67. The molecule has 0 bridgehead atoms. The highest BCUT2D eigenvalue weighted by Crippen LogP contribution is 2.36. The molecule has 2 aromatic rings. The summed E-state index contributed by atoms with van der Waals surface area (Å²) < 4.78 is 5.56. The van der Waals surface area contributed by atoms with E-state index < -0.39 is 0 Å². The normalized spacial score (nSPS) is 15.8. The molecule has 26 heavy (non-hydrogen) atoms. The highest BCUT2D eigenvalue weighted by atomic mass is 35.5. The van der Waals surface area contributed by atoms with Crippen LogP contribution in [0.25, 0.3) is 6.08 Å². The van der Waals surface area contributed by atoms with Gasteiger partial charge in [0.2, 0.25) is 0 Å². The Morgan fingerprint density at radius 3 is 2.46 bits per heavy atom. The molecule has 1 heterocycles. The number of para-hydroxylation sites is 1. The lowest BCUT2D eigenvalue weighted by Crippen LogP contribution is -2.27. The molecule has 0 aromatic heterocycles. The summed E-state index contributed by atoms with van der Waals surface area (Å²) in [6, 6.07) is 12.4. The summed E-state index contributed by atoms with van der Waals surface area (Å²) in [5.41, 5.74) is 1.30. The van der Waals surface area contributed by atoms with E-state index in [0.717, 1.165) is 22.2 Å². The SMILES string of the molecule is CCOc1ccccc1/C=C1\SC(=O)N(Cc2c(Cl)cccc2Cl)C1=O. The number of carbonyl (C=O) groups is 2. The second-order valence-electron chi connectivity index (χ2n) is 5.44. The van der Waals surface area contributed by atoms with E-state index in [1.807, 2.05) is 31.2 Å². The van der Waals surface area contributed by atoms with Gasteiger partial charge in [-0.05, 0) is 43.0 Å². The fourth-order valence-corrected chi connectivity index (χ4v) is 3.85. The van der Waals surface area contributed by atoms with E-state index in [1.165, 1.54) is 0 Å². The molecule has 1 fully saturated rings. The number of hydrogen-bond acceptors (Lipinski definition) is 4. The Balaban J connectivity index is 1.88. The van der Waals surface area contributed by atoms with Crippen LogP contribution < -0.4 is 4.74 Å².